The molecule has 0 radical (unpaired) electrons. The largest absolute Gasteiger partial charge is 0.357 e. The molecule has 1 atom stereocenters. The van der Waals surface area contributed by atoms with Crippen molar-refractivity contribution in [3.63, 3.8) is 0 Å². The topological polar surface area (TPSA) is 94.3 Å². The van der Waals surface area contributed by atoms with Crippen LogP contribution in [0.15, 0.2) is 42.6 Å². The van der Waals surface area contributed by atoms with Gasteiger partial charge >= 0.3 is 0 Å². The number of likely N-dealkylation sites (N-methyl/N-ethyl adjacent to an activating group) is 1. The lowest BCUT2D eigenvalue weighted by molar-refractivity contribution is -0.123. The Labute approximate surface area is 191 Å². The van der Waals surface area contributed by atoms with E-state index in [0.717, 1.165) is 25.7 Å². The molecule has 2 aromatic rings. The maximum Gasteiger partial charge on any atom is 0.270 e. The van der Waals surface area contributed by atoms with Crippen molar-refractivity contribution in [1.29, 1.82) is 0 Å². The van der Waals surface area contributed by atoms with Crippen molar-refractivity contribution >= 4 is 17.7 Å². The van der Waals surface area contributed by atoms with E-state index in [1.165, 1.54) is 10.5 Å². The molecule has 0 saturated carbocycles. The highest BCUT2D eigenvalue weighted by Crippen LogP contribution is 2.09. The number of hydrogen-bond acceptors (Lipinski definition) is 3. The normalized spacial score (nSPS) is 11.8. The van der Waals surface area contributed by atoms with E-state index in [4.69, 9.17) is 0 Å². The molecule has 32 heavy (non-hydrogen) atoms. The van der Waals surface area contributed by atoms with Gasteiger partial charge in [0.05, 0.1) is 0 Å². The van der Waals surface area contributed by atoms with Crippen LogP contribution in [0.25, 0.3) is 0 Å². The number of nitrogens with zero attached hydrogens (tertiary/aromatic N) is 1. The molecule has 0 bridgehead atoms. The quantitative estimate of drug-likeness (QED) is 0.472. The predicted octanol–water partition coefficient (Wildman–Crippen LogP) is 3.39. The van der Waals surface area contributed by atoms with Crippen molar-refractivity contribution in [2.75, 3.05) is 20.1 Å². The van der Waals surface area contributed by atoms with Gasteiger partial charge in [0.2, 0.25) is 5.91 Å². The maximum absolute atomic E-state index is 12.8. The van der Waals surface area contributed by atoms with Gasteiger partial charge in [0.15, 0.2) is 0 Å². The van der Waals surface area contributed by atoms with Crippen molar-refractivity contribution in [1.82, 2.24) is 20.5 Å². The maximum atomic E-state index is 12.8. The van der Waals surface area contributed by atoms with Crippen LogP contribution in [-0.4, -0.2) is 53.8 Å². The summed E-state index contributed by atoms with van der Waals surface area (Å²) in [5.41, 5.74) is 2.10. The molecule has 7 nitrogen and oxygen atoms in total. The molecule has 1 heterocycles. The van der Waals surface area contributed by atoms with Crippen molar-refractivity contribution < 1.29 is 14.4 Å². The predicted molar refractivity (Wildman–Crippen MR) is 127 cm³/mol. The van der Waals surface area contributed by atoms with E-state index in [2.05, 4.69) is 36.4 Å². The Bertz CT molecular complexity index is 860. The molecule has 0 spiro atoms. The number of H-pyrrole nitrogens is 1. The molecule has 0 aliphatic rings. The van der Waals surface area contributed by atoms with Gasteiger partial charge in [0.25, 0.3) is 11.8 Å². The molecule has 3 amide bonds. The van der Waals surface area contributed by atoms with Crippen LogP contribution in [0.5, 0.6) is 0 Å². The molecule has 174 valence electrons. The molecule has 1 aromatic heterocycles. The van der Waals surface area contributed by atoms with Crippen LogP contribution in [0.2, 0.25) is 0 Å². The first-order chi connectivity index (χ1) is 15.3. The molecule has 0 saturated heterocycles. The van der Waals surface area contributed by atoms with E-state index in [9.17, 15) is 14.4 Å². The Morgan fingerprint density at radius 1 is 1.09 bits per heavy atom. The lowest BCUT2D eigenvalue weighted by Crippen LogP contribution is -2.53. The molecule has 0 aliphatic carbocycles. The van der Waals surface area contributed by atoms with Crippen LogP contribution in [0.4, 0.5) is 0 Å². The number of aromatic nitrogens is 1. The molecule has 2 rings (SSSR count). The first kappa shape index (κ1) is 25.2. The van der Waals surface area contributed by atoms with Crippen molar-refractivity contribution in [3.05, 3.63) is 59.4 Å². The number of carbonyl (C=O) groups is 3. The highest BCUT2D eigenvalue weighted by atomic mass is 16.2. The average Bonchev–Trinajstić information content (AvgIpc) is 3.31. The Balaban J connectivity index is 2.07. The second kappa shape index (κ2) is 12.7. The average molecular weight is 441 g/mol. The van der Waals surface area contributed by atoms with Gasteiger partial charge in [-0.3, -0.25) is 14.4 Å². The van der Waals surface area contributed by atoms with Crippen LogP contribution in [0.3, 0.4) is 0 Å². The summed E-state index contributed by atoms with van der Waals surface area (Å²) in [4.78, 5) is 42.6. The molecular weight excluding hydrogens is 404 g/mol. The third-order valence-electron chi connectivity index (χ3n) is 5.31. The van der Waals surface area contributed by atoms with Crippen molar-refractivity contribution in [2.24, 2.45) is 5.92 Å². The molecule has 0 fully saturated rings. The first-order valence-electron chi connectivity index (χ1n) is 11.4. The Morgan fingerprint density at radius 2 is 1.81 bits per heavy atom. The van der Waals surface area contributed by atoms with Crippen LogP contribution in [0.1, 0.15) is 66.4 Å². The zero-order valence-electron chi connectivity index (χ0n) is 19.6. The number of carbonyl (C=O) groups excluding carboxylic acids is 3. The van der Waals surface area contributed by atoms with E-state index >= 15 is 0 Å². The summed E-state index contributed by atoms with van der Waals surface area (Å²) in [7, 11) is 1.62. The van der Waals surface area contributed by atoms with Gasteiger partial charge in [0.1, 0.15) is 11.7 Å². The van der Waals surface area contributed by atoms with Crippen LogP contribution in [-0.2, 0) is 11.2 Å². The van der Waals surface area contributed by atoms with Gasteiger partial charge in [-0.2, -0.15) is 0 Å². The van der Waals surface area contributed by atoms with E-state index in [-0.39, 0.29) is 24.3 Å². The van der Waals surface area contributed by atoms with Gasteiger partial charge in [0, 0.05) is 31.9 Å². The summed E-state index contributed by atoms with van der Waals surface area (Å²) in [6.45, 7) is 6.89. The van der Waals surface area contributed by atoms with E-state index in [1.54, 1.807) is 37.5 Å². The minimum atomic E-state index is -0.863. The lowest BCUT2D eigenvalue weighted by Gasteiger charge is -2.24. The fourth-order valence-electron chi connectivity index (χ4n) is 3.27. The number of aryl methyl sites for hydroxylation is 1. The fraction of sp³-hybridized carbons (Fsp3) is 0.480. The summed E-state index contributed by atoms with van der Waals surface area (Å²) in [5.74, 6) is -0.433. The summed E-state index contributed by atoms with van der Waals surface area (Å²) >= 11 is 0. The molecule has 1 aromatic carbocycles. The standard InChI is InChI=1S/C25H36N4O3/c1-5-6-8-19-10-12-20(13-11-19)23(30)28-22(24(31)27-16-14-18(2)3)17-29(4)25(32)21-9-7-15-26-21/h7,9-13,15,18,22,26H,5-6,8,14,16-17H2,1-4H3,(H,27,31)(H,28,30)/t22-/m0/s1. The first-order valence-corrected chi connectivity index (χ1v) is 11.4. The Hall–Kier alpha value is -3.09. The van der Waals surface area contributed by atoms with Crippen LogP contribution < -0.4 is 10.6 Å². The number of hydrogen-bond donors (Lipinski definition) is 3. The number of aromatic amines is 1. The van der Waals surface area contributed by atoms with Crippen molar-refractivity contribution in [3.8, 4) is 0 Å². The van der Waals surface area contributed by atoms with E-state index < -0.39 is 6.04 Å². The van der Waals surface area contributed by atoms with Gasteiger partial charge in [-0.05, 0) is 55.0 Å². The summed E-state index contributed by atoms with van der Waals surface area (Å²) in [6.07, 6.45) is 5.70. The third-order valence-corrected chi connectivity index (χ3v) is 5.31. The lowest BCUT2D eigenvalue weighted by atomic mass is 10.1. The minimum Gasteiger partial charge on any atom is -0.357 e. The van der Waals surface area contributed by atoms with Crippen LogP contribution in [0, 0.1) is 5.92 Å². The van der Waals surface area contributed by atoms with Gasteiger partial charge in [-0.1, -0.05) is 39.3 Å². The molecular formula is C25H36N4O3. The zero-order chi connectivity index (χ0) is 23.5. The number of rotatable bonds is 12. The highest BCUT2D eigenvalue weighted by Gasteiger charge is 2.25. The molecule has 0 unspecified atom stereocenters. The van der Waals surface area contributed by atoms with Gasteiger partial charge in [-0.25, -0.2) is 0 Å². The minimum absolute atomic E-state index is 0.0612. The van der Waals surface area contributed by atoms with E-state index in [0.29, 0.717) is 23.7 Å². The molecule has 0 aliphatic heterocycles. The second-order valence-corrected chi connectivity index (χ2v) is 8.57. The highest BCUT2D eigenvalue weighted by molar-refractivity contribution is 5.98. The summed E-state index contributed by atoms with van der Waals surface area (Å²) in [6, 6.07) is 10.0. The van der Waals surface area contributed by atoms with Crippen LogP contribution >= 0.6 is 0 Å². The SMILES string of the molecule is CCCCc1ccc(C(=O)N[C@@H](CN(C)C(=O)c2ccc[nH]2)C(=O)NCCC(C)C)cc1. The smallest absolute Gasteiger partial charge is 0.270 e. The second-order valence-electron chi connectivity index (χ2n) is 8.57. The third kappa shape index (κ3) is 7.87. The van der Waals surface area contributed by atoms with Crippen molar-refractivity contribution in [2.45, 2.75) is 52.5 Å². The number of unbranched alkanes of at least 4 members (excludes halogenated alkanes) is 1. The fourth-order valence-corrected chi connectivity index (χ4v) is 3.27. The zero-order valence-corrected chi connectivity index (χ0v) is 19.6. The number of nitrogens with one attached hydrogen (secondary N) is 3. The summed E-state index contributed by atoms with van der Waals surface area (Å²) < 4.78 is 0. The number of amides is 3. The summed E-state index contributed by atoms with van der Waals surface area (Å²) in [5, 5.41) is 5.69. The Morgan fingerprint density at radius 3 is 2.41 bits per heavy atom. The monoisotopic (exact) mass is 440 g/mol. The van der Waals surface area contributed by atoms with E-state index in [1.807, 2.05) is 12.1 Å². The molecule has 7 heteroatoms. The molecule has 3 N–H and O–H groups in total. The Kier molecular flexibility index (Phi) is 9.98. The number of benzene rings is 1. The van der Waals surface area contributed by atoms with Gasteiger partial charge in [-0.15, -0.1) is 0 Å². The van der Waals surface area contributed by atoms with Gasteiger partial charge < -0.3 is 20.5 Å².